The van der Waals surface area contributed by atoms with Crippen LogP contribution in [0, 0.1) is 11.7 Å². The topological polar surface area (TPSA) is 26.0 Å². The Hall–Kier alpha value is -0.600. The van der Waals surface area contributed by atoms with E-state index >= 15 is 0 Å². The van der Waals surface area contributed by atoms with Gasteiger partial charge < -0.3 is 5.73 Å². The van der Waals surface area contributed by atoms with Crippen molar-refractivity contribution in [2.75, 3.05) is 6.54 Å². The predicted molar refractivity (Wildman–Crippen MR) is 57.9 cm³/mol. The Bertz CT molecular complexity index is 301. The fraction of sp³-hybridized carbons (Fsp3) is 0.455. The Balaban J connectivity index is 2.63. The molecule has 1 aromatic rings. The summed E-state index contributed by atoms with van der Waals surface area (Å²) >= 11 is 5.81. The van der Waals surface area contributed by atoms with Crippen molar-refractivity contribution in [1.29, 1.82) is 0 Å². The first-order valence-electron chi connectivity index (χ1n) is 4.78. The summed E-state index contributed by atoms with van der Waals surface area (Å²) < 4.78 is 13.0. The SMILES string of the molecule is CC(CN)CCc1cccc(F)c1Cl. The number of halogens is 2. The molecule has 0 saturated carbocycles. The molecule has 1 rings (SSSR count). The molecular weight excluding hydrogens is 201 g/mol. The molecule has 0 spiro atoms. The number of aryl methyl sites for hydroxylation is 1. The smallest absolute Gasteiger partial charge is 0.142 e. The zero-order chi connectivity index (χ0) is 10.6. The monoisotopic (exact) mass is 215 g/mol. The fourth-order valence-electron chi connectivity index (χ4n) is 1.26. The largest absolute Gasteiger partial charge is 0.330 e. The maximum Gasteiger partial charge on any atom is 0.142 e. The fourth-order valence-corrected chi connectivity index (χ4v) is 1.48. The number of nitrogens with two attached hydrogens (primary N) is 1. The molecule has 0 heterocycles. The standard InChI is InChI=1S/C11H15ClFN/c1-8(7-14)5-6-9-3-2-4-10(13)11(9)12/h2-4,8H,5-7,14H2,1H3. The molecule has 2 N–H and O–H groups in total. The summed E-state index contributed by atoms with van der Waals surface area (Å²) in [6, 6.07) is 4.91. The molecular formula is C11H15ClFN. The first-order valence-corrected chi connectivity index (χ1v) is 5.16. The van der Waals surface area contributed by atoms with Gasteiger partial charge >= 0.3 is 0 Å². The molecule has 1 aromatic carbocycles. The predicted octanol–water partition coefficient (Wildman–Crippen LogP) is 3.01. The van der Waals surface area contributed by atoms with Crippen LogP contribution in [0.4, 0.5) is 4.39 Å². The van der Waals surface area contributed by atoms with Gasteiger partial charge in [-0.1, -0.05) is 30.7 Å². The molecule has 14 heavy (non-hydrogen) atoms. The summed E-state index contributed by atoms with van der Waals surface area (Å²) in [5.74, 6) is 0.110. The molecule has 3 heteroatoms. The van der Waals surface area contributed by atoms with E-state index in [1.165, 1.54) is 6.07 Å². The van der Waals surface area contributed by atoms with Gasteiger partial charge in [0.25, 0.3) is 0 Å². The lowest BCUT2D eigenvalue weighted by Crippen LogP contribution is -2.11. The zero-order valence-corrected chi connectivity index (χ0v) is 9.02. The van der Waals surface area contributed by atoms with Crippen molar-refractivity contribution in [2.24, 2.45) is 11.7 Å². The van der Waals surface area contributed by atoms with Crippen LogP contribution in [-0.2, 0) is 6.42 Å². The zero-order valence-electron chi connectivity index (χ0n) is 8.26. The second-order valence-corrected chi connectivity index (χ2v) is 3.97. The normalized spacial score (nSPS) is 12.9. The molecule has 0 aliphatic rings. The minimum atomic E-state index is -0.343. The molecule has 0 bridgehead atoms. The van der Waals surface area contributed by atoms with Crippen LogP contribution in [0.5, 0.6) is 0 Å². The third-order valence-electron chi connectivity index (χ3n) is 2.34. The van der Waals surface area contributed by atoms with Crippen molar-refractivity contribution < 1.29 is 4.39 Å². The summed E-state index contributed by atoms with van der Waals surface area (Å²) in [6.07, 6.45) is 1.73. The lowest BCUT2D eigenvalue weighted by atomic mass is 10.0. The highest BCUT2D eigenvalue weighted by atomic mass is 35.5. The van der Waals surface area contributed by atoms with E-state index in [2.05, 4.69) is 6.92 Å². The summed E-state index contributed by atoms with van der Waals surface area (Å²) in [6.45, 7) is 2.74. The maximum absolute atomic E-state index is 13.0. The molecule has 0 aliphatic carbocycles. The van der Waals surface area contributed by atoms with Crippen molar-refractivity contribution in [3.05, 3.63) is 34.6 Å². The summed E-state index contributed by atoms with van der Waals surface area (Å²) in [4.78, 5) is 0. The molecule has 0 aliphatic heterocycles. The molecule has 1 atom stereocenters. The van der Waals surface area contributed by atoms with E-state index in [4.69, 9.17) is 17.3 Å². The Morgan fingerprint density at radius 3 is 2.86 bits per heavy atom. The molecule has 1 nitrogen and oxygen atoms in total. The van der Waals surface area contributed by atoms with Crippen LogP contribution in [0.1, 0.15) is 18.9 Å². The van der Waals surface area contributed by atoms with E-state index in [-0.39, 0.29) is 10.8 Å². The minimum Gasteiger partial charge on any atom is -0.330 e. The first kappa shape index (κ1) is 11.5. The Labute approximate surface area is 89.1 Å². The first-order chi connectivity index (χ1) is 6.65. The van der Waals surface area contributed by atoms with Crippen molar-refractivity contribution in [1.82, 2.24) is 0 Å². The van der Waals surface area contributed by atoms with Gasteiger partial charge in [-0.15, -0.1) is 0 Å². The van der Waals surface area contributed by atoms with Crippen LogP contribution in [0.25, 0.3) is 0 Å². The van der Waals surface area contributed by atoms with Crippen LogP contribution >= 0.6 is 11.6 Å². The highest BCUT2D eigenvalue weighted by Crippen LogP contribution is 2.21. The summed E-state index contributed by atoms with van der Waals surface area (Å²) in [5.41, 5.74) is 6.36. The molecule has 0 aromatic heterocycles. The third kappa shape index (κ3) is 2.96. The van der Waals surface area contributed by atoms with E-state index in [1.807, 2.05) is 6.07 Å². The number of rotatable bonds is 4. The highest BCUT2D eigenvalue weighted by Gasteiger charge is 2.06. The van der Waals surface area contributed by atoms with Crippen LogP contribution in [0.15, 0.2) is 18.2 Å². The van der Waals surface area contributed by atoms with Gasteiger partial charge in [0, 0.05) is 0 Å². The molecule has 0 radical (unpaired) electrons. The van der Waals surface area contributed by atoms with Gasteiger partial charge in [0.1, 0.15) is 5.82 Å². The average molecular weight is 216 g/mol. The number of benzene rings is 1. The highest BCUT2D eigenvalue weighted by molar-refractivity contribution is 6.31. The lowest BCUT2D eigenvalue weighted by molar-refractivity contribution is 0.543. The van der Waals surface area contributed by atoms with Gasteiger partial charge in [-0.25, -0.2) is 4.39 Å². The van der Waals surface area contributed by atoms with E-state index in [0.29, 0.717) is 12.5 Å². The van der Waals surface area contributed by atoms with Crippen molar-refractivity contribution in [2.45, 2.75) is 19.8 Å². The van der Waals surface area contributed by atoms with Crippen molar-refractivity contribution in [3.63, 3.8) is 0 Å². The van der Waals surface area contributed by atoms with Crippen molar-refractivity contribution in [3.8, 4) is 0 Å². The Kier molecular flexibility index (Phi) is 4.36. The van der Waals surface area contributed by atoms with Crippen LogP contribution in [-0.4, -0.2) is 6.54 Å². The van der Waals surface area contributed by atoms with Gasteiger partial charge in [0.2, 0.25) is 0 Å². The van der Waals surface area contributed by atoms with Crippen LogP contribution < -0.4 is 5.73 Å². The molecule has 0 amide bonds. The molecule has 0 saturated heterocycles. The van der Waals surface area contributed by atoms with Crippen molar-refractivity contribution >= 4 is 11.6 Å². The second-order valence-electron chi connectivity index (χ2n) is 3.59. The van der Waals surface area contributed by atoms with Gasteiger partial charge in [-0.2, -0.15) is 0 Å². The minimum absolute atomic E-state index is 0.247. The van der Waals surface area contributed by atoms with Gasteiger partial charge in [0.05, 0.1) is 5.02 Å². The molecule has 78 valence electrons. The van der Waals surface area contributed by atoms with Crippen LogP contribution in [0.3, 0.4) is 0 Å². The van der Waals surface area contributed by atoms with Gasteiger partial charge in [-0.05, 0) is 36.9 Å². The number of hydrogen-bond donors (Lipinski definition) is 1. The van der Waals surface area contributed by atoms with E-state index in [0.717, 1.165) is 18.4 Å². The van der Waals surface area contributed by atoms with E-state index in [1.54, 1.807) is 6.07 Å². The quantitative estimate of drug-likeness (QED) is 0.821. The van der Waals surface area contributed by atoms with Crippen LogP contribution in [0.2, 0.25) is 5.02 Å². The Morgan fingerprint density at radius 1 is 1.50 bits per heavy atom. The molecule has 1 unspecified atom stereocenters. The van der Waals surface area contributed by atoms with Gasteiger partial charge in [0.15, 0.2) is 0 Å². The maximum atomic E-state index is 13.0. The van der Waals surface area contributed by atoms with E-state index in [9.17, 15) is 4.39 Å². The summed E-state index contributed by atoms with van der Waals surface area (Å²) in [7, 11) is 0. The second kappa shape index (κ2) is 5.32. The summed E-state index contributed by atoms with van der Waals surface area (Å²) in [5, 5.41) is 0.247. The number of hydrogen-bond acceptors (Lipinski definition) is 1. The Morgan fingerprint density at radius 2 is 2.21 bits per heavy atom. The lowest BCUT2D eigenvalue weighted by Gasteiger charge is -2.09. The third-order valence-corrected chi connectivity index (χ3v) is 2.76. The average Bonchev–Trinajstić information content (AvgIpc) is 2.20. The molecule has 0 fully saturated rings. The van der Waals surface area contributed by atoms with E-state index < -0.39 is 0 Å². The van der Waals surface area contributed by atoms with Gasteiger partial charge in [-0.3, -0.25) is 0 Å².